The molecule has 2 nitrogen and oxygen atoms in total. The molecule has 2 aromatic rings. The predicted molar refractivity (Wildman–Crippen MR) is 95.5 cm³/mol. The average Bonchev–Trinajstić information content (AvgIpc) is 3.16. The van der Waals surface area contributed by atoms with Crippen LogP contribution in [0.2, 0.25) is 0 Å². The molecule has 4 heteroatoms. The molecule has 0 saturated heterocycles. The Bertz CT molecular complexity index is 463. The summed E-state index contributed by atoms with van der Waals surface area (Å²) in [6.07, 6.45) is 13.1. The van der Waals surface area contributed by atoms with Gasteiger partial charge < -0.3 is 9.97 Å². The van der Waals surface area contributed by atoms with E-state index in [0.717, 1.165) is 38.5 Å². The van der Waals surface area contributed by atoms with Crippen molar-refractivity contribution in [1.29, 1.82) is 0 Å². The second-order valence-electron chi connectivity index (χ2n) is 5.49. The Labute approximate surface area is 174 Å². The monoisotopic (exact) mass is 504 g/mol. The van der Waals surface area contributed by atoms with Crippen LogP contribution in [-0.2, 0) is 77.5 Å². The number of hydrogen-bond donors (Lipinski definition) is 2. The van der Waals surface area contributed by atoms with E-state index in [1.54, 1.807) is 0 Å². The van der Waals surface area contributed by atoms with Gasteiger partial charge in [0.1, 0.15) is 0 Å². The van der Waals surface area contributed by atoms with Crippen molar-refractivity contribution >= 4 is 0 Å². The van der Waals surface area contributed by atoms with Gasteiger partial charge in [0.05, 0.1) is 0 Å². The summed E-state index contributed by atoms with van der Waals surface area (Å²) in [5.74, 6) is 0. The Kier molecular flexibility index (Phi) is 15.2. The largest absolute Gasteiger partial charge is 2.00 e. The minimum atomic E-state index is 0. The molecule has 2 rings (SSSR count). The van der Waals surface area contributed by atoms with Crippen LogP contribution < -0.4 is 0 Å². The van der Waals surface area contributed by atoms with E-state index in [9.17, 15) is 0 Å². The average molecular weight is 503 g/mol. The zero-order valence-electron chi connectivity index (χ0n) is 15.9. The number of nitrogens with one attached hydrogen (secondary N) is 2. The fraction of sp³-hybridized carbons (Fsp3) is 0.600. The fourth-order valence-electron chi connectivity index (χ4n) is 3.03. The minimum Gasteiger partial charge on any atom is -0.481 e. The molecule has 0 aliphatic heterocycles. The summed E-state index contributed by atoms with van der Waals surface area (Å²) in [7, 11) is 0. The molecular formula is C20H32N2Ru2. The molecule has 0 aromatic carbocycles. The number of hydrogen-bond acceptors (Lipinski definition) is 0. The van der Waals surface area contributed by atoms with Gasteiger partial charge in [-0.1, -0.05) is 80.1 Å². The summed E-state index contributed by atoms with van der Waals surface area (Å²) in [4.78, 5) is 6.40. The molecule has 138 valence electrons. The van der Waals surface area contributed by atoms with Gasteiger partial charge in [0.25, 0.3) is 0 Å². The maximum atomic E-state index is 3.20. The van der Waals surface area contributed by atoms with E-state index in [1.165, 1.54) is 33.6 Å². The number of H-pyrrole nitrogens is 2. The van der Waals surface area contributed by atoms with Crippen LogP contribution in [0.5, 0.6) is 0 Å². The van der Waals surface area contributed by atoms with Crippen molar-refractivity contribution in [3.8, 4) is 0 Å². The third-order valence-electron chi connectivity index (χ3n) is 4.31. The Balaban J connectivity index is 0. The van der Waals surface area contributed by atoms with Crippen molar-refractivity contribution in [3.63, 3.8) is 0 Å². The summed E-state index contributed by atoms with van der Waals surface area (Å²) >= 11 is 0. The Morgan fingerprint density at radius 1 is 0.583 bits per heavy atom. The minimum absolute atomic E-state index is 0. The van der Waals surface area contributed by atoms with Crippen LogP contribution in [0.1, 0.15) is 75.2 Å². The third-order valence-corrected chi connectivity index (χ3v) is 4.31. The van der Waals surface area contributed by atoms with E-state index in [-0.39, 0.29) is 39.0 Å². The molecule has 0 spiro atoms. The van der Waals surface area contributed by atoms with Crippen molar-refractivity contribution in [3.05, 3.63) is 46.0 Å². The Morgan fingerprint density at radius 3 is 1.12 bits per heavy atom. The van der Waals surface area contributed by atoms with Gasteiger partial charge in [-0.3, -0.25) is 0 Å². The second kappa shape index (κ2) is 14.0. The van der Waals surface area contributed by atoms with Gasteiger partial charge in [-0.15, -0.1) is 23.8 Å². The van der Waals surface area contributed by atoms with Crippen LogP contribution in [0, 0.1) is 12.4 Å². The van der Waals surface area contributed by atoms with Gasteiger partial charge in [0, 0.05) is 19.5 Å². The molecule has 0 aliphatic carbocycles. The number of aryl methyl sites for hydroxylation is 4. The normalized spacial score (nSPS) is 9.58. The smallest absolute Gasteiger partial charge is 0.481 e. The second-order valence-corrected chi connectivity index (χ2v) is 5.49. The van der Waals surface area contributed by atoms with E-state index >= 15 is 0 Å². The first-order valence-electron chi connectivity index (χ1n) is 8.86. The molecule has 2 heterocycles. The topological polar surface area (TPSA) is 31.6 Å². The van der Waals surface area contributed by atoms with Crippen LogP contribution in [0.3, 0.4) is 0 Å². The van der Waals surface area contributed by atoms with Gasteiger partial charge in [-0.2, -0.15) is 22.3 Å². The van der Waals surface area contributed by atoms with Gasteiger partial charge in [0.2, 0.25) is 0 Å². The van der Waals surface area contributed by atoms with Crippen molar-refractivity contribution in [2.24, 2.45) is 0 Å². The van der Waals surface area contributed by atoms with Crippen LogP contribution in [0.25, 0.3) is 0 Å². The summed E-state index contributed by atoms with van der Waals surface area (Å²) in [5, 5.41) is 0. The first-order valence-corrected chi connectivity index (χ1v) is 8.86. The summed E-state index contributed by atoms with van der Waals surface area (Å²) in [5.41, 5.74) is 8.42. The van der Waals surface area contributed by atoms with Gasteiger partial charge >= 0.3 is 19.5 Å². The molecular weight excluding hydrogens is 470 g/mol. The van der Waals surface area contributed by atoms with Crippen LogP contribution in [0.15, 0.2) is 0 Å². The zero-order valence-corrected chi connectivity index (χ0v) is 19.4. The molecule has 0 radical (unpaired) electrons. The maximum absolute atomic E-state index is 3.20. The van der Waals surface area contributed by atoms with Crippen molar-refractivity contribution in [1.82, 2.24) is 9.97 Å². The molecule has 0 bridgehead atoms. The first kappa shape index (κ1) is 26.0. The molecule has 0 unspecified atom stereocenters. The quantitative estimate of drug-likeness (QED) is 0.412. The van der Waals surface area contributed by atoms with Crippen molar-refractivity contribution < 1.29 is 39.0 Å². The van der Waals surface area contributed by atoms with Crippen molar-refractivity contribution in [2.75, 3.05) is 0 Å². The van der Waals surface area contributed by atoms with Crippen LogP contribution >= 0.6 is 0 Å². The maximum Gasteiger partial charge on any atom is 2.00 e. The third kappa shape index (κ3) is 6.60. The van der Waals surface area contributed by atoms with Crippen LogP contribution in [0.4, 0.5) is 0 Å². The summed E-state index contributed by atoms with van der Waals surface area (Å²) in [6.45, 7) is 13.1. The number of aromatic amines is 2. The van der Waals surface area contributed by atoms with Gasteiger partial charge in [-0.05, 0) is 0 Å². The molecule has 0 amide bonds. The first-order chi connectivity index (χ1) is 10.7. The SMILES string of the molecule is CCc1[c-][nH]c(CC)c1CC.CCc1[c-][nH]c(CC)c1CC.[Ru+2].[Ru]. The van der Waals surface area contributed by atoms with E-state index < -0.39 is 0 Å². The standard InChI is InChI=1S/2C10H16N.2Ru/c2*1-4-8-7-11-10(6-3)9(8)5-2;;/h2*11H,4-6H2,1-3H3;;/q2*-1;;+2. The van der Waals surface area contributed by atoms with E-state index in [4.69, 9.17) is 0 Å². The van der Waals surface area contributed by atoms with E-state index in [2.05, 4.69) is 63.9 Å². The molecule has 2 aromatic heterocycles. The van der Waals surface area contributed by atoms with E-state index in [1.807, 2.05) is 0 Å². The number of rotatable bonds is 6. The zero-order chi connectivity index (χ0) is 16.5. The predicted octanol–water partition coefficient (Wildman–Crippen LogP) is 5.00. The molecule has 2 N–H and O–H groups in total. The molecule has 24 heavy (non-hydrogen) atoms. The molecule has 0 aliphatic rings. The molecule has 0 atom stereocenters. The van der Waals surface area contributed by atoms with Crippen molar-refractivity contribution in [2.45, 2.75) is 80.1 Å². The fourth-order valence-corrected chi connectivity index (χ4v) is 3.03. The molecule has 0 fully saturated rings. The number of aromatic nitrogens is 2. The summed E-state index contributed by atoms with van der Waals surface area (Å²) < 4.78 is 0. The Morgan fingerprint density at radius 2 is 0.917 bits per heavy atom. The van der Waals surface area contributed by atoms with E-state index in [0.29, 0.717) is 0 Å². The van der Waals surface area contributed by atoms with Gasteiger partial charge in [0.15, 0.2) is 0 Å². The molecule has 0 saturated carbocycles. The Hall–Kier alpha value is -0.193. The summed E-state index contributed by atoms with van der Waals surface area (Å²) in [6, 6.07) is 0. The van der Waals surface area contributed by atoms with Gasteiger partial charge in [-0.25, -0.2) is 0 Å². The van der Waals surface area contributed by atoms with Crippen LogP contribution in [-0.4, -0.2) is 9.97 Å².